The van der Waals surface area contributed by atoms with Gasteiger partial charge in [0.15, 0.2) is 0 Å². The molecule has 2 aromatic carbocycles. The summed E-state index contributed by atoms with van der Waals surface area (Å²) >= 11 is 0. The average Bonchev–Trinajstić information content (AvgIpc) is 2.79. The van der Waals surface area contributed by atoms with E-state index in [0.717, 1.165) is 35.1 Å². The number of hydrogen-bond donors (Lipinski definition) is 0. The Morgan fingerprint density at radius 2 is 1.45 bits per heavy atom. The molecule has 7 rings (SSSR count). The molecule has 158 valence electrons. The molecule has 4 aliphatic rings. The zero-order valence-corrected chi connectivity index (χ0v) is 18.6. The van der Waals surface area contributed by atoms with Crippen molar-refractivity contribution < 1.29 is 4.74 Å². The Labute approximate surface area is 185 Å². The maximum Gasteiger partial charge on any atom is 0.130 e. The molecule has 0 N–H and O–H groups in total. The lowest BCUT2D eigenvalue weighted by atomic mass is 9.50. The van der Waals surface area contributed by atoms with Crippen LogP contribution in [0.25, 0.3) is 22.4 Å². The molecule has 0 amide bonds. The Morgan fingerprint density at radius 1 is 0.774 bits per heavy atom. The van der Waals surface area contributed by atoms with Crippen LogP contribution in [0, 0.1) is 30.6 Å². The zero-order valence-electron chi connectivity index (χ0n) is 18.6. The van der Waals surface area contributed by atoms with E-state index < -0.39 is 0 Å². The fraction of sp³-hybridized carbons (Fsp3) is 0.414. The summed E-state index contributed by atoms with van der Waals surface area (Å²) in [6.45, 7) is 2.24. The van der Waals surface area contributed by atoms with Crippen molar-refractivity contribution in [2.75, 3.05) is 7.11 Å². The highest BCUT2D eigenvalue weighted by Crippen LogP contribution is 2.61. The van der Waals surface area contributed by atoms with Gasteiger partial charge in [-0.05, 0) is 104 Å². The predicted octanol–water partition coefficient (Wildman–Crippen LogP) is 7.27. The van der Waals surface area contributed by atoms with Crippen molar-refractivity contribution in [1.29, 1.82) is 0 Å². The van der Waals surface area contributed by atoms with Crippen molar-refractivity contribution in [3.8, 4) is 28.1 Å². The molecule has 4 fully saturated rings. The van der Waals surface area contributed by atoms with E-state index in [9.17, 15) is 0 Å². The van der Waals surface area contributed by atoms with Gasteiger partial charge >= 0.3 is 0 Å². The van der Waals surface area contributed by atoms with E-state index in [-0.39, 0.29) is 0 Å². The van der Waals surface area contributed by atoms with Crippen molar-refractivity contribution >= 4 is 0 Å². The summed E-state index contributed by atoms with van der Waals surface area (Å²) in [5.41, 5.74) is 7.40. The van der Waals surface area contributed by atoms with Crippen LogP contribution in [0.2, 0.25) is 0 Å². The number of pyridine rings is 1. The van der Waals surface area contributed by atoms with Gasteiger partial charge in [-0.3, -0.25) is 4.98 Å². The molecular weight excluding hydrogens is 378 g/mol. The van der Waals surface area contributed by atoms with Gasteiger partial charge in [0.05, 0.1) is 12.8 Å². The first-order chi connectivity index (χ1) is 15.2. The number of nitrogens with zero attached hydrogens (tertiary/aromatic N) is 1. The molecule has 1 aromatic heterocycles. The molecular formula is C29H31NO. The minimum absolute atomic E-state index is 0.656. The lowest BCUT2D eigenvalue weighted by Gasteiger charge is -2.54. The highest BCUT2D eigenvalue weighted by atomic mass is 16.5. The Bertz CT molecular complexity index is 1070. The number of rotatable bonds is 4. The third-order valence-corrected chi connectivity index (χ3v) is 8.21. The Kier molecular flexibility index (Phi) is 4.63. The minimum atomic E-state index is 0.656. The van der Waals surface area contributed by atoms with Crippen LogP contribution >= 0.6 is 0 Å². The first-order valence-electron chi connectivity index (χ1n) is 11.9. The van der Waals surface area contributed by atoms with E-state index in [0.29, 0.717) is 5.92 Å². The lowest BCUT2D eigenvalue weighted by Crippen LogP contribution is -2.43. The molecule has 2 heteroatoms. The molecule has 31 heavy (non-hydrogen) atoms. The predicted molar refractivity (Wildman–Crippen MR) is 126 cm³/mol. The average molecular weight is 410 g/mol. The molecule has 0 aliphatic heterocycles. The third kappa shape index (κ3) is 3.19. The highest BCUT2D eigenvalue weighted by molar-refractivity contribution is 5.86. The molecule has 1 heterocycles. The molecule has 0 saturated heterocycles. The van der Waals surface area contributed by atoms with E-state index in [1.165, 1.54) is 59.9 Å². The molecule has 0 spiro atoms. The summed E-state index contributed by atoms with van der Waals surface area (Å²) in [4.78, 5) is 4.64. The molecule has 0 radical (unpaired) electrons. The van der Waals surface area contributed by atoms with Crippen molar-refractivity contribution in [3.05, 3.63) is 71.9 Å². The van der Waals surface area contributed by atoms with Gasteiger partial charge < -0.3 is 4.74 Å². The minimum Gasteiger partial charge on any atom is -0.496 e. The Morgan fingerprint density at radius 3 is 2.10 bits per heavy atom. The summed E-state index contributed by atoms with van der Waals surface area (Å²) in [5, 5.41) is 0. The van der Waals surface area contributed by atoms with Gasteiger partial charge in [-0.2, -0.15) is 0 Å². The number of aryl methyl sites for hydroxylation is 1. The second-order valence-electron chi connectivity index (χ2n) is 10.2. The number of methoxy groups -OCH3 is 1. The van der Waals surface area contributed by atoms with Crippen LogP contribution in [0.5, 0.6) is 5.75 Å². The smallest absolute Gasteiger partial charge is 0.130 e. The van der Waals surface area contributed by atoms with Gasteiger partial charge in [0.1, 0.15) is 5.75 Å². The van der Waals surface area contributed by atoms with Gasteiger partial charge in [-0.15, -0.1) is 0 Å². The van der Waals surface area contributed by atoms with Crippen LogP contribution in [0.3, 0.4) is 0 Å². The van der Waals surface area contributed by atoms with Gasteiger partial charge in [-0.25, -0.2) is 0 Å². The van der Waals surface area contributed by atoms with Crippen LogP contribution in [-0.4, -0.2) is 12.1 Å². The lowest BCUT2D eigenvalue weighted by molar-refractivity contribution is -0.00346. The van der Waals surface area contributed by atoms with Crippen LogP contribution in [0.1, 0.15) is 49.1 Å². The molecule has 0 atom stereocenters. The quantitative estimate of drug-likeness (QED) is 0.452. The van der Waals surface area contributed by atoms with Gasteiger partial charge in [0.25, 0.3) is 0 Å². The number of hydrogen-bond acceptors (Lipinski definition) is 2. The molecule has 4 bridgehead atoms. The largest absolute Gasteiger partial charge is 0.496 e. The molecule has 3 aromatic rings. The number of ether oxygens (including phenoxy) is 1. The fourth-order valence-corrected chi connectivity index (χ4v) is 7.37. The summed E-state index contributed by atoms with van der Waals surface area (Å²) in [5.74, 6) is 5.39. The summed E-state index contributed by atoms with van der Waals surface area (Å²) < 4.78 is 6.21. The maximum absolute atomic E-state index is 6.21. The van der Waals surface area contributed by atoms with E-state index in [1.54, 1.807) is 0 Å². The first kappa shape index (κ1) is 19.1. The number of benzene rings is 2. The van der Waals surface area contributed by atoms with Crippen molar-refractivity contribution in [3.63, 3.8) is 0 Å². The fourth-order valence-electron chi connectivity index (χ4n) is 7.37. The SMILES string of the molecule is COc1c(-c2ccccc2-c2ccccn2)cc(C)cc1C1C2CC3CC(C2)CC1C3. The van der Waals surface area contributed by atoms with Gasteiger partial charge in [0, 0.05) is 17.3 Å². The van der Waals surface area contributed by atoms with Crippen LogP contribution < -0.4 is 4.74 Å². The van der Waals surface area contributed by atoms with Crippen LogP contribution in [0.15, 0.2) is 60.8 Å². The first-order valence-corrected chi connectivity index (χ1v) is 11.9. The highest BCUT2D eigenvalue weighted by Gasteiger charge is 2.49. The monoisotopic (exact) mass is 409 g/mol. The summed E-state index contributed by atoms with van der Waals surface area (Å²) in [6.07, 6.45) is 9.07. The number of aromatic nitrogens is 1. The van der Waals surface area contributed by atoms with Crippen LogP contribution in [0.4, 0.5) is 0 Å². The molecule has 2 nitrogen and oxygen atoms in total. The van der Waals surface area contributed by atoms with Gasteiger partial charge in [0.2, 0.25) is 0 Å². The summed E-state index contributed by atoms with van der Waals surface area (Å²) in [7, 11) is 1.86. The standard InChI is InChI=1S/C29H31NO/c1-18-11-25(23-7-3-4-8-24(23)27-9-5-6-10-30-27)29(31-2)26(12-18)28-21-14-19-13-20(16-21)17-22(28)15-19/h3-12,19-22,28H,13-17H2,1-2H3. The second-order valence-corrected chi connectivity index (χ2v) is 10.2. The Hall–Kier alpha value is -2.61. The molecule has 4 aliphatic carbocycles. The Balaban J connectivity index is 1.51. The van der Waals surface area contributed by atoms with E-state index in [4.69, 9.17) is 4.74 Å². The topological polar surface area (TPSA) is 22.1 Å². The summed E-state index contributed by atoms with van der Waals surface area (Å²) in [6, 6.07) is 19.5. The zero-order chi connectivity index (χ0) is 20.9. The molecule has 0 unspecified atom stereocenters. The van der Waals surface area contributed by atoms with Crippen molar-refractivity contribution in [2.24, 2.45) is 23.7 Å². The van der Waals surface area contributed by atoms with E-state index >= 15 is 0 Å². The van der Waals surface area contributed by atoms with Crippen molar-refractivity contribution in [2.45, 2.75) is 44.9 Å². The third-order valence-electron chi connectivity index (χ3n) is 8.21. The second kappa shape index (κ2) is 7.51. The van der Waals surface area contributed by atoms with E-state index in [1.807, 2.05) is 19.4 Å². The van der Waals surface area contributed by atoms with Crippen molar-refractivity contribution in [1.82, 2.24) is 4.98 Å². The maximum atomic E-state index is 6.21. The molecule has 4 saturated carbocycles. The van der Waals surface area contributed by atoms with Gasteiger partial charge in [-0.1, -0.05) is 36.4 Å². The van der Waals surface area contributed by atoms with E-state index in [2.05, 4.69) is 60.4 Å². The van der Waals surface area contributed by atoms with Crippen LogP contribution in [-0.2, 0) is 0 Å². The normalized spacial score (nSPS) is 28.6.